The number of imidazole rings is 1. The van der Waals surface area contributed by atoms with Crippen LogP contribution in [0.2, 0.25) is 0 Å². The predicted octanol–water partition coefficient (Wildman–Crippen LogP) is 4.02. The Kier molecular flexibility index (Phi) is 7.49. The van der Waals surface area contributed by atoms with E-state index in [1.807, 2.05) is 49.0 Å². The second-order valence-corrected chi connectivity index (χ2v) is 9.44. The molecule has 0 spiro atoms. The minimum Gasteiger partial charge on any atom is -0.478 e. The van der Waals surface area contributed by atoms with Gasteiger partial charge in [0.25, 0.3) is 5.56 Å². The maximum atomic E-state index is 12.9. The van der Waals surface area contributed by atoms with Crippen LogP contribution >= 0.6 is 0 Å². The minimum absolute atomic E-state index is 0.0973. The molecule has 0 aliphatic rings. The Bertz CT molecular complexity index is 1420. The molecule has 9 nitrogen and oxygen atoms in total. The van der Waals surface area contributed by atoms with Crippen LogP contribution in [0.25, 0.3) is 22.2 Å². The van der Waals surface area contributed by atoms with Crippen molar-refractivity contribution in [1.82, 2.24) is 24.6 Å². The number of nitrogens with zero attached hydrogens (tertiary/aromatic N) is 4. The summed E-state index contributed by atoms with van der Waals surface area (Å²) >= 11 is 0. The molecule has 3 N–H and O–H groups in total. The van der Waals surface area contributed by atoms with Gasteiger partial charge in [0.2, 0.25) is 0 Å². The molecule has 9 heteroatoms. The maximum Gasteiger partial charge on any atom is 0.336 e. The molecule has 188 valence electrons. The van der Waals surface area contributed by atoms with Crippen molar-refractivity contribution in [2.45, 2.75) is 32.7 Å². The molecule has 2 aromatic heterocycles. The van der Waals surface area contributed by atoms with Crippen LogP contribution in [0.1, 0.15) is 47.9 Å². The number of hydrogen-bond donors (Lipinski definition) is 3. The molecule has 2 heterocycles. The molecule has 0 bridgehead atoms. The summed E-state index contributed by atoms with van der Waals surface area (Å²) < 4.78 is 1.95. The third-order valence-corrected chi connectivity index (χ3v) is 6.06. The zero-order valence-corrected chi connectivity index (χ0v) is 21.1. The lowest BCUT2D eigenvalue weighted by molar-refractivity contribution is 0.0697. The Morgan fingerprint density at radius 1 is 1.14 bits per heavy atom. The number of fused-ring (bicyclic) bond motifs is 1. The molecule has 0 saturated carbocycles. The highest BCUT2D eigenvalue weighted by molar-refractivity contribution is 5.96. The highest BCUT2D eigenvalue weighted by Gasteiger charge is 2.20. The average Bonchev–Trinajstić information content (AvgIpc) is 3.24. The largest absolute Gasteiger partial charge is 0.478 e. The smallest absolute Gasteiger partial charge is 0.336 e. The Labute approximate surface area is 209 Å². The van der Waals surface area contributed by atoms with E-state index in [1.54, 1.807) is 18.2 Å². The van der Waals surface area contributed by atoms with Crippen LogP contribution in [0.4, 0.5) is 5.82 Å². The van der Waals surface area contributed by atoms with Gasteiger partial charge in [-0.2, -0.15) is 5.10 Å². The average molecular weight is 489 g/mol. The van der Waals surface area contributed by atoms with Gasteiger partial charge in [0.15, 0.2) is 5.82 Å². The van der Waals surface area contributed by atoms with Gasteiger partial charge >= 0.3 is 5.97 Å². The molecule has 2 aromatic carbocycles. The van der Waals surface area contributed by atoms with Gasteiger partial charge in [0.05, 0.1) is 5.56 Å². The summed E-state index contributed by atoms with van der Waals surface area (Å²) in [7, 11) is 4.06. The van der Waals surface area contributed by atoms with Crippen molar-refractivity contribution in [3.8, 4) is 11.1 Å². The van der Waals surface area contributed by atoms with Crippen molar-refractivity contribution in [3.05, 3.63) is 75.8 Å². The molecule has 0 saturated heterocycles. The Hall–Kier alpha value is -3.98. The third kappa shape index (κ3) is 5.31. The van der Waals surface area contributed by atoms with Crippen LogP contribution in [-0.2, 0) is 6.54 Å². The van der Waals surface area contributed by atoms with Gasteiger partial charge in [0.1, 0.15) is 16.9 Å². The van der Waals surface area contributed by atoms with Crippen LogP contribution in [0.15, 0.2) is 53.3 Å². The van der Waals surface area contributed by atoms with E-state index < -0.39 is 5.97 Å². The van der Waals surface area contributed by atoms with Crippen molar-refractivity contribution < 1.29 is 9.90 Å². The van der Waals surface area contributed by atoms with E-state index in [0.717, 1.165) is 36.5 Å². The summed E-state index contributed by atoms with van der Waals surface area (Å²) in [4.78, 5) is 31.4. The SMILES string of the molecule is CC(C)c1nc2c(NCCCN(C)C)n[nH]c(=O)c2n1Cc1ccc(-c2ccccc2C(=O)O)cc1. The van der Waals surface area contributed by atoms with Crippen LogP contribution in [0.5, 0.6) is 0 Å². The monoisotopic (exact) mass is 488 g/mol. The summed E-state index contributed by atoms with van der Waals surface area (Å²) in [6.07, 6.45) is 0.935. The Morgan fingerprint density at radius 3 is 2.53 bits per heavy atom. The van der Waals surface area contributed by atoms with E-state index in [-0.39, 0.29) is 17.0 Å². The lowest BCUT2D eigenvalue weighted by Gasteiger charge is -2.12. The number of hydrogen-bond acceptors (Lipinski definition) is 6. The minimum atomic E-state index is -0.958. The fraction of sp³-hybridized carbons (Fsp3) is 0.333. The van der Waals surface area contributed by atoms with Crippen LogP contribution in [0.3, 0.4) is 0 Å². The number of aromatic amines is 1. The van der Waals surface area contributed by atoms with Gasteiger partial charge in [-0.25, -0.2) is 14.9 Å². The molecular formula is C27H32N6O3. The normalized spacial score (nSPS) is 11.5. The molecular weight excluding hydrogens is 456 g/mol. The Morgan fingerprint density at radius 2 is 1.86 bits per heavy atom. The molecule has 4 aromatic rings. The van der Waals surface area contributed by atoms with Crippen molar-refractivity contribution in [2.24, 2.45) is 0 Å². The fourth-order valence-corrected chi connectivity index (χ4v) is 4.30. The number of H-pyrrole nitrogens is 1. The van der Waals surface area contributed by atoms with Crippen LogP contribution < -0.4 is 10.9 Å². The van der Waals surface area contributed by atoms with E-state index >= 15 is 0 Å². The number of benzene rings is 2. The van der Waals surface area contributed by atoms with Gasteiger partial charge in [-0.05, 0) is 49.8 Å². The summed E-state index contributed by atoms with van der Waals surface area (Å²) in [6, 6.07) is 14.7. The number of rotatable bonds is 10. The molecule has 0 unspecified atom stereocenters. The highest BCUT2D eigenvalue weighted by atomic mass is 16.4. The number of anilines is 1. The molecule has 4 rings (SSSR count). The zero-order chi connectivity index (χ0) is 25.8. The van der Waals surface area contributed by atoms with E-state index in [2.05, 4.69) is 34.3 Å². The van der Waals surface area contributed by atoms with Gasteiger partial charge in [-0.1, -0.05) is 56.3 Å². The highest BCUT2D eigenvalue weighted by Crippen LogP contribution is 2.27. The first kappa shape index (κ1) is 25.1. The van der Waals surface area contributed by atoms with Gasteiger partial charge in [-0.15, -0.1) is 0 Å². The molecule has 0 aliphatic carbocycles. The number of carbonyl (C=O) groups is 1. The number of carboxylic acid groups (broad SMARTS) is 1. The zero-order valence-electron chi connectivity index (χ0n) is 21.1. The van der Waals surface area contributed by atoms with Crippen LogP contribution in [-0.4, -0.2) is 62.9 Å². The molecule has 0 fully saturated rings. The van der Waals surface area contributed by atoms with Crippen molar-refractivity contribution in [1.29, 1.82) is 0 Å². The summed E-state index contributed by atoms with van der Waals surface area (Å²) in [5.41, 5.74) is 3.50. The quantitative estimate of drug-likeness (QED) is 0.289. The van der Waals surface area contributed by atoms with Crippen LogP contribution in [0, 0.1) is 0 Å². The third-order valence-electron chi connectivity index (χ3n) is 6.06. The first-order valence-electron chi connectivity index (χ1n) is 12.0. The number of nitrogens with one attached hydrogen (secondary N) is 2. The van der Waals surface area contributed by atoms with E-state index in [0.29, 0.717) is 29.0 Å². The number of carboxylic acids is 1. The summed E-state index contributed by atoms with van der Waals surface area (Å²) in [5, 5.41) is 19.7. The van der Waals surface area contributed by atoms with Gasteiger partial charge < -0.3 is 19.9 Å². The summed E-state index contributed by atoms with van der Waals surface area (Å²) in [5.74, 6) is 0.519. The molecule has 0 amide bonds. The lowest BCUT2D eigenvalue weighted by atomic mass is 9.98. The maximum absolute atomic E-state index is 12.9. The van der Waals surface area contributed by atoms with Crippen molar-refractivity contribution in [3.63, 3.8) is 0 Å². The van der Waals surface area contributed by atoms with Crippen molar-refractivity contribution >= 4 is 22.8 Å². The predicted molar refractivity (Wildman–Crippen MR) is 142 cm³/mol. The Balaban J connectivity index is 1.67. The topological polar surface area (TPSA) is 116 Å². The molecule has 0 radical (unpaired) electrons. The number of aromatic carboxylic acids is 1. The second-order valence-electron chi connectivity index (χ2n) is 9.44. The van der Waals surface area contributed by atoms with Gasteiger partial charge in [0, 0.05) is 19.0 Å². The molecule has 0 atom stereocenters. The van der Waals surface area contributed by atoms with E-state index in [4.69, 9.17) is 4.98 Å². The van der Waals surface area contributed by atoms with E-state index in [1.165, 1.54) is 0 Å². The van der Waals surface area contributed by atoms with E-state index in [9.17, 15) is 14.7 Å². The summed E-state index contributed by atoms with van der Waals surface area (Å²) in [6.45, 7) is 6.22. The molecule has 36 heavy (non-hydrogen) atoms. The second kappa shape index (κ2) is 10.7. The van der Waals surface area contributed by atoms with Gasteiger partial charge in [-0.3, -0.25) is 4.79 Å². The fourth-order valence-electron chi connectivity index (χ4n) is 4.30. The lowest BCUT2D eigenvalue weighted by Crippen LogP contribution is -2.19. The first-order valence-corrected chi connectivity index (χ1v) is 12.0. The van der Waals surface area contributed by atoms with Crippen molar-refractivity contribution in [2.75, 3.05) is 32.5 Å². The number of aromatic nitrogens is 4. The molecule has 0 aliphatic heterocycles. The standard InChI is InChI=1S/C27H32N6O3/c1-17(2)25-29-22-23(26(34)31-30-24(22)28-14-7-15-32(3)4)33(25)16-18-10-12-19(13-11-18)20-8-5-6-9-21(20)27(35)36/h5-6,8-13,17H,7,14-16H2,1-4H3,(H,28,30)(H,31,34)(H,35,36). The first-order chi connectivity index (χ1) is 17.3.